The van der Waals surface area contributed by atoms with E-state index < -0.39 is 0 Å². The van der Waals surface area contributed by atoms with Crippen LogP contribution in [0.15, 0.2) is 50.6 Å². The number of thiocyanates is 1. The molecule has 0 aliphatic carbocycles. The Bertz CT molecular complexity index is 273. The minimum atomic E-state index is 0.275. The summed E-state index contributed by atoms with van der Waals surface area (Å²) in [4.78, 5) is 4.06. The maximum atomic E-state index is 7.18. The number of thiol groups is 1. The van der Waals surface area contributed by atoms with Crippen LogP contribution in [0, 0.1) is 10.7 Å². The van der Waals surface area contributed by atoms with Gasteiger partial charge >= 0.3 is 0 Å². The molecule has 0 unspecified atom stereocenters. The van der Waals surface area contributed by atoms with Crippen molar-refractivity contribution in [1.82, 2.24) is 9.80 Å². The third-order valence-electron chi connectivity index (χ3n) is 1.90. The minimum Gasteiger partial charge on any atom is -0.332 e. The summed E-state index contributed by atoms with van der Waals surface area (Å²) in [6.45, 7) is 11.2. The van der Waals surface area contributed by atoms with Crippen LogP contribution in [-0.2, 0) is 0 Å². The molecule has 1 aliphatic rings. The van der Waals surface area contributed by atoms with E-state index in [-0.39, 0.29) is 6.17 Å². The molecule has 0 aromatic rings. The largest absolute Gasteiger partial charge is 0.332 e. The fourth-order valence-corrected chi connectivity index (χ4v) is 1.26. The highest BCUT2D eigenvalue weighted by molar-refractivity contribution is 7.85. The lowest BCUT2D eigenvalue weighted by molar-refractivity contribution is 0.249. The van der Waals surface area contributed by atoms with E-state index in [4.69, 9.17) is 5.26 Å². The average molecular weight is 221 g/mol. The summed E-state index contributed by atoms with van der Waals surface area (Å²) >= 11 is 3.09. The molecule has 0 bridgehead atoms. The van der Waals surface area contributed by atoms with E-state index in [0.29, 0.717) is 0 Å². The zero-order valence-corrected chi connectivity index (χ0v) is 9.48. The highest BCUT2D eigenvalue weighted by atomic mass is 32.1. The maximum Gasteiger partial charge on any atom is 0.130 e. The van der Waals surface area contributed by atoms with Gasteiger partial charge in [-0.05, 0) is 12.4 Å². The summed E-state index contributed by atoms with van der Waals surface area (Å²) in [6.07, 6.45) is 10.6. The third-order valence-corrected chi connectivity index (χ3v) is 1.90. The van der Waals surface area contributed by atoms with Gasteiger partial charge in [0.15, 0.2) is 0 Å². The summed E-state index contributed by atoms with van der Waals surface area (Å²) in [5.74, 6) is 0. The molecule has 15 heavy (non-hydrogen) atoms. The molecule has 0 N–H and O–H groups in total. The van der Waals surface area contributed by atoms with Crippen molar-refractivity contribution < 1.29 is 0 Å². The molecule has 0 saturated heterocycles. The molecule has 0 saturated carbocycles. The number of nitrogens with zero attached hydrogens (tertiary/aromatic N) is 3. The molecular formula is C11H15N3S. The number of nitriles is 1. The van der Waals surface area contributed by atoms with E-state index in [2.05, 4.69) is 32.4 Å². The van der Waals surface area contributed by atoms with Gasteiger partial charge in [-0.1, -0.05) is 31.9 Å². The van der Waals surface area contributed by atoms with E-state index >= 15 is 0 Å². The van der Waals surface area contributed by atoms with E-state index in [1.807, 2.05) is 28.3 Å². The standard InChI is InChI=1S/C10H14N2.CHNS/c1-4-7-10-11(5-2)8-9-12(10)6-3;2-1-3/h4-6,8-10H,1-3,7H2;3H. The van der Waals surface area contributed by atoms with Crippen molar-refractivity contribution in [2.24, 2.45) is 0 Å². The van der Waals surface area contributed by atoms with Crippen molar-refractivity contribution in [3.63, 3.8) is 0 Å². The Kier molecular flexibility index (Phi) is 6.94. The fourth-order valence-electron chi connectivity index (χ4n) is 1.26. The Morgan fingerprint density at radius 2 is 1.67 bits per heavy atom. The average Bonchev–Trinajstić information content (AvgIpc) is 2.62. The fraction of sp³-hybridized carbons (Fsp3) is 0.182. The monoisotopic (exact) mass is 221 g/mol. The van der Waals surface area contributed by atoms with Gasteiger partial charge in [0.25, 0.3) is 0 Å². The van der Waals surface area contributed by atoms with E-state index in [0.717, 1.165) is 6.42 Å². The predicted octanol–water partition coefficient (Wildman–Crippen LogP) is 2.66. The topological polar surface area (TPSA) is 30.3 Å². The molecular weight excluding hydrogens is 206 g/mol. The molecule has 80 valence electrons. The molecule has 1 heterocycles. The molecule has 0 spiro atoms. The number of rotatable bonds is 4. The molecule has 0 amide bonds. The molecule has 0 aromatic heterocycles. The van der Waals surface area contributed by atoms with Gasteiger partial charge in [-0.3, -0.25) is 0 Å². The second-order valence-electron chi connectivity index (χ2n) is 2.66. The number of hydrogen-bond donors (Lipinski definition) is 1. The minimum absolute atomic E-state index is 0.275. The molecule has 0 fully saturated rings. The van der Waals surface area contributed by atoms with Crippen LogP contribution >= 0.6 is 12.6 Å². The Hall–Kier alpha value is -1.60. The zero-order chi connectivity index (χ0) is 11.7. The summed E-state index contributed by atoms with van der Waals surface area (Å²) in [5.41, 5.74) is 0. The zero-order valence-electron chi connectivity index (χ0n) is 8.58. The Morgan fingerprint density at radius 1 is 1.27 bits per heavy atom. The van der Waals surface area contributed by atoms with Gasteiger partial charge in [-0.25, -0.2) is 0 Å². The highest BCUT2D eigenvalue weighted by Crippen LogP contribution is 2.18. The first-order valence-corrected chi connectivity index (χ1v) is 4.82. The van der Waals surface area contributed by atoms with E-state index in [9.17, 15) is 0 Å². The normalized spacial score (nSPS) is 13.9. The Labute approximate surface area is 96.7 Å². The molecule has 0 radical (unpaired) electrons. The lowest BCUT2D eigenvalue weighted by Crippen LogP contribution is -2.31. The van der Waals surface area contributed by atoms with Crippen LogP contribution in [0.1, 0.15) is 6.42 Å². The van der Waals surface area contributed by atoms with Gasteiger partial charge < -0.3 is 9.80 Å². The van der Waals surface area contributed by atoms with Crippen molar-refractivity contribution in [3.8, 4) is 5.40 Å². The van der Waals surface area contributed by atoms with Crippen LogP contribution in [0.4, 0.5) is 0 Å². The van der Waals surface area contributed by atoms with Gasteiger partial charge in [-0.2, -0.15) is 5.26 Å². The Balaban J connectivity index is 0.000000583. The highest BCUT2D eigenvalue weighted by Gasteiger charge is 2.20. The first kappa shape index (κ1) is 13.4. The van der Waals surface area contributed by atoms with Gasteiger partial charge in [-0.15, -0.1) is 6.58 Å². The van der Waals surface area contributed by atoms with Crippen LogP contribution in [0.25, 0.3) is 0 Å². The lowest BCUT2D eigenvalue weighted by Gasteiger charge is -2.26. The Morgan fingerprint density at radius 3 is 1.93 bits per heavy atom. The molecule has 4 heteroatoms. The van der Waals surface area contributed by atoms with Gasteiger partial charge in [0.1, 0.15) is 11.6 Å². The van der Waals surface area contributed by atoms with Crippen LogP contribution in [0.3, 0.4) is 0 Å². The molecule has 0 atom stereocenters. The van der Waals surface area contributed by atoms with Crippen molar-refractivity contribution in [3.05, 3.63) is 50.6 Å². The first-order valence-electron chi connectivity index (χ1n) is 4.37. The SMILES string of the molecule is C=CCC1N(C=C)C=CN1C=C.N#CS. The van der Waals surface area contributed by atoms with Gasteiger partial charge in [0.2, 0.25) is 0 Å². The van der Waals surface area contributed by atoms with Gasteiger partial charge in [0, 0.05) is 18.8 Å². The first-order chi connectivity index (χ1) is 7.24. The molecule has 1 rings (SSSR count). The summed E-state index contributed by atoms with van der Waals surface area (Å²) in [7, 11) is 0. The predicted molar refractivity (Wildman–Crippen MR) is 66.4 cm³/mol. The van der Waals surface area contributed by atoms with Crippen LogP contribution in [0.5, 0.6) is 0 Å². The van der Waals surface area contributed by atoms with Crippen LogP contribution in [-0.4, -0.2) is 16.0 Å². The molecule has 0 aromatic carbocycles. The quantitative estimate of drug-likeness (QED) is 0.450. The van der Waals surface area contributed by atoms with Crippen molar-refractivity contribution in [1.29, 1.82) is 5.26 Å². The second kappa shape index (κ2) is 7.77. The summed E-state index contributed by atoms with van der Waals surface area (Å²) in [6, 6.07) is 0. The molecule has 3 nitrogen and oxygen atoms in total. The second-order valence-corrected chi connectivity index (χ2v) is 2.86. The summed E-state index contributed by atoms with van der Waals surface area (Å²) < 4.78 is 0. The smallest absolute Gasteiger partial charge is 0.130 e. The van der Waals surface area contributed by atoms with Crippen LogP contribution in [0.2, 0.25) is 0 Å². The lowest BCUT2D eigenvalue weighted by atomic mass is 10.3. The van der Waals surface area contributed by atoms with Crippen LogP contribution < -0.4 is 0 Å². The third kappa shape index (κ3) is 3.96. The summed E-state index contributed by atoms with van der Waals surface area (Å²) in [5, 5.41) is 8.63. The number of hydrogen-bond acceptors (Lipinski definition) is 4. The van der Waals surface area contributed by atoms with Crippen molar-refractivity contribution in [2.75, 3.05) is 0 Å². The van der Waals surface area contributed by atoms with E-state index in [1.54, 1.807) is 12.4 Å². The van der Waals surface area contributed by atoms with E-state index in [1.165, 1.54) is 5.40 Å². The van der Waals surface area contributed by atoms with Crippen molar-refractivity contribution in [2.45, 2.75) is 12.6 Å². The maximum absolute atomic E-state index is 7.18. The van der Waals surface area contributed by atoms with Gasteiger partial charge in [0.05, 0.1) is 0 Å². The van der Waals surface area contributed by atoms with Crippen molar-refractivity contribution >= 4 is 12.6 Å². The molecule has 1 aliphatic heterocycles.